The molecule has 0 fully saturated rings. The second-order valence-corrected chi connectivity index (χ2v) is 7.96. The van der Waals surface area contributed by atoms with Crippen LogP contribution in [-0.4, -0.2) is 15.7 Å². The Hall–Kier alpha value is -3.08. The monoisotopic (exact) mass is 433 g/mol. The second-order valence-electron chi connectivity index (χ2n) is 7.17. The molecule has 0 radical (unpaired) electrons. The summed E-state index contributed by atoms with van der Waals surface area (Å²) in [5.41, 5.74) is 4.42. The topological polar surface area (TPSA) is 46.9 Å². The third-order valence-electron chi connectivity index (χ3n) is 5.32. The van der Waals surface area contributed by atoms with Crippen molar-refractivity contribution in [3.8, 4) is 16.9 Å². The second kappa shape index (κ2) is 7.63. The molecule has 0 bridgehead atoms. The number of amides is 1. The van der Waals surface area contributed by atoms with Crippen molar-refractivity contribution in [3.05, 3.63) is 100 Å². The maximum atomic E-state index is 12.7. The first-order valence-electron chi connectivity index (χ1n) is 9.61. The van der Waals surface area contributed by atoms with Gasteiger partial charge in [-0.1, -0.05) is 83.9 Å². The zero-order valence-corrected chi connectivity index (χ0v) is 17.4. The quantitative estimate of drug-likeness (QED) is 0.410. The Labute approximate surface area is 184 Å². The van der Waals surface area contributed by atoms with Crippen molar-refractivity contribution >= 4 is 34.9 Å². The lowest BCUT2D eigenvalue weighted by Gasteiger charge is -2.25. The number of halogens is 2. The van der Waals surface area contributed by atoms with Crippen LogP contribution in [0.15, 0.2) is 78.9 Å². The van der Waals surface area contributed by atoms with Crippen LogP contribution in [0.5, 0.6) is 0 Å². The van der Waals surface area contributed by atoms with Gasteiger partial charge in [0.25, 0.3) is 0 Å². The van der Waals surface area contributed by atoms with Crippen molar-refractivity contribution in [3.63, 3.8) is 0 Å². The summed E-state index contributed by atoms with van der Waals surface area (Å²) in [5.74, 6) is 0.324. The van der Waals surface area contributed by atoms with Gasteiger partial charge in [-0.3, -0.25) is 4.79 Å². The van der Waals surface area contributed by atoms with Crippen molar-refractivity contribution in [2.75, 3.05) is 5.32 Å². The molecule has 1 aliphatic rings. The standard InChI is InChI=1S/C24H17Cl2N3O/c25-19-13-7-12-17(22(19)26)18-14-20(30)27-24-21(18)23(15-8-3-1-4-9-15)28-29(24)16-10-5-2-6-11-16/h1-13,18H,14H2,(H,27,30). The zero-order valence-electron chi connectivity index (χ0n) is 15.8. The van der Waals surface area contributed by atoms with Gasteiger partial charge < -0.3 is 5.32 Å². The Morgan fingerprint density at radius 3 is 2.33 bits per heavy atom. The predicted molar refractivity (Wildman–Crippen MR) is 121 cm³/mol. The Kier molecular flexibility index (Phi) is 4.81. The minimum atomic E-state index is -0.257. The molecule has 4 aromatic rings. The minimum absolute atomic E-state index is 0.0831. The average Bonchev–Trinajstić information content (AvgIpc) is 3.16. The maximum Gasteiger partial charge on any atom is 0.226 e. The maximum absolute atomic E-state index is 12.7. The number of anilines is 1. The van der Waals surface area contributed by atoms with Gasteiger partial charge in [0.1, 0.15) is 5.82 Å². The highest BCUT2D eigenvalue weighted by Gasteiger charge is 2.35. The van der Waals surface area contributed by atoms with Gasteiger partial charge >= 0.3 is 0 Å². The van der Waals surface area contributed by atoms with E-state index < -0.39 is 0 Å². The molecule has 4 nitrogen and oxygen atoms in total. The molecule has 5 rings (SSSR count). The predicted octanol–water partition coefficient (Wildman–Crippen LogP) is 6.32. The lowest BCUT2D eigenvalue weighted by Crippen LogP contribution is -2.25. The largest absolute Gasteiger partial charge is 0.310 e. The molecule has 1 atom stereocenters. The van der Waals surface area contributed by atoms with Crippen LogP contribution in [0, 0.1) is 0 Å². The van der Waals surface area contributed by atoms with Gasteiger partial charge in [-0.05, 0) is 23.8 Å². The number of benzene rings is 3. The number of hydrogen-bond acceptors (Lipinski definition) is 2. The highest BCUT2D eigenvalue weighted by atomic mass is 35.5. The van der Waals surface area contributed by atoms with E-state index in [4.69, 9.17) is 28.3 Å². The van der Waals surface area contributed by atoms with Crippen LogP contribution >= 0.6 is 23.2 Å². The Balaban J connectivity index is 1.80. The molecule has 30 heavy (non-hydrogen) atoms. The summed E-state index contributed by atoms with van der Waals surface area (Å²) in [6, 6.07) is 25.3. The van der Waals surface area contributed by atoms with E-state index >= 15 is 0 Å². The van der Waals surface area contributed by atoms with Crippen molar-refractivity contribution in [1.82, 2.24) is 9.78 Å². The molecular weight excluding hydrogens is 417 g/mol. The third kappa shape index (κ3) is 3.18. The number of aromatic nitrogens is 2. The van der Waals surface area contributed by atoms with Gasteiger partial charge in [0.15, 0.2) is 0 Å². The SMILES string of the molecule is O=C1CC(c2cccc(Cl)c2Cl)c2c(-c3ccccc3)nn(-c3ccccc3)c2N1. The van der Waals surface area contributed by atoms with Gasteiger partial charge in [0.2, 0.25) is 5.91 Å². The third-order valence-corrected chi connectivity index (χ3v) is 6.16. The molecule has 0 saturated heterocycles. The van der Waals surface area contributed by atoms with E-state index in [2.05, 4.69) is 5.32 Å². The van der Waals surface area contributed by atoms with Crippen LogP contribution in [-0.2, 0) is 4.79 Å². The molecule has 3 aromatic carbocycles. The first kappa shape index (κ1) is 18.9. The molecule has 1 unspecified atom stereocenters. The van der Waals surface area contributed by atoms with Crippen LogP contribution in [0.1, 0.15) is 23.5 Å². The lowest BCUT2D eigenvalue weighted by atomic mass is 9.84. The van der Waals surface area contributed by atoms with Gasteiger partial charge in [0, 0.05) is 23.5 Å². The van der Waals surface area contributed by atoms with Gasteiger partial charge in [-0.25, -0.2) is 4.68 Å². The van der Waals surface area contributed by atoms with Gasteiger partial charge in [-0.2, -0.15) is 5.10 Å². The normalized spacial score (nSPS) is 15.5. The van der Waals surface area contributed by atoms with Crippen LogP contribution in [0.3, 0.4) is 0 Å². The number of para-hydroxylation sites is 1. The first-order valence-corrected chi connectivity index (χ1v) is 10.4. The Bertz CT molecular complexity index is 1240. The molecule has 1 aliphatic heterocycles. The summed E-state index contributed by atoms with van der Waals surface area (Å²) in [4.78, 5) is 12.7. The smallest absolute Gasteiger partial charge is 0.226 e. The van der Waals surface area contributed by atoms with Crippen LogP contribution in [0.2, 0.25) is 10.0 Å². The van der Waals surface area contributed by atoms with Crippen LogP contribution < -0.4 is 5.32 Å². The Morgan fingerprint density at radius 1 is 0.900 bits per heavy atom. The molecule has 2 heterocycles. The van der Waals surface area contributed by atoms with Gasteiger partial charge in [0.05, 0.1) is 21.4 Å². The fourth-order valence-corrected chi connectivity index (χ4v) is 4.41. The summed E-state index contributed by atoms with van der Waals surface area (Å²) in [6.07, 6.45) is 0.271. The number of fused-ring (bicyclic) bond motifs is 1. The number of carbonyl (C=O) groups is 1. The average molecular weight is 434 g/mol. The van der Waals surface area contributed by atoms with E-state index in [0.29, 0.717) is 15.9 Å². The number of nitrogens with zero attached hydrogens (tertiary/aromatic N) is 2. The van der Waals surface area contributed by atoms with E-state index in [9.17, 15) is 4.79 Å². The van der Waals surface area contributed by atoms with Crippen LogP contribution in [0.25, 0.3) is 16.9 Å². The van der Waals surface area contributed by atoms with Crippen molar-refractivity contribution in [1.29, 1.82) is 0 Å². The van der Waals surface area contributed by atoms with E-state index in [0.717, 1.165) is 28.1 Å². The van der Waals surface area contributed by atoms with Crippen molar-refractivity contribution in [2.24, 2.45) is 0 Å². The number of nitrogens with one attached hydrogen (secondary N) is 1. The van der Waals surface area contributed by atoms with Gasteiger partial charge in [-0.15, -0.1) is 0 Å². The highest BCUT2D eigenvalue weighted by Crippen LogP contribution is 2.46. The van der Waals surface area contributed by atoms with E-state index in [-0.39, 0.29) is 18.2 Å². The molecule has 1 aromatic heterocycles. The molecule has 0 spiro atoms. The fourth-order valence-electron chi connectivity index (χ4n) is 3.97. The summed E-state index contributed by atoms with van der Waals surface area (Å²) in [5, 5.41) is 8.90. The summed E-state index contributed by atoms with van der Waals surface area (Å²) in [6.45, 7) is 0. The molecule has 6 heteroatoms. The lowest BCUT2D eigenvalue weighted by molar-refractivity contribution is -0.116. The molecule has 0 saturated carbocycles. The Morgan fingerprint density at radius 2 is 1.60 bits per heavy atom. The van der Waals surface area contributed by atoms with E-state index in [1.54, 1.807) is 10.7 Å². The zero-order chi connectivity index (χ0) is 20.7. The highest BCUT2D eigenvalue weighted by molar-refractivity contribution is 6.42. The van der Waals surface area contributed by atoms with E-state index in [1.165, 1.54) is 0 Å². The molecule has 148 valence electrons. The summed E-state index contributed by atoms with van der Waals surface area (Å²) >= 11 is 12.9. The number of rotatable bonds is 3. The summed E-state index contributed by atoms with van der Waals surface area (Å²) < 4.78 is 1.79. The molecule has 0 aliphatic carbocycles. The number of hydrogen-bond donors (Lipinski definition) is 1. The molecule has 1 N–H and O–H groups in total. The molecule has 1 amide bonds. The number of carbonyl (C=O) groups excluding carboxylic acids is 1. The van der Waals surface area contributed by atoms with Crippen molar-refractivity contribution < 1.29 is 4.79 Å². The first-order chi connectivity index (χ1) is 14.6. The fraction of sp³-hybridized carbons (Fsp3) is 0.0833. The van der Waals surface area contributed by atoms with Crippen LogP contribution in [0.4, 0.5) is 5.82 Å². The minimum Gasteiger partial charge on any atom is -0.310 e. The summed E-state index contributed by atoms with van der Waals surface area (Å²) in [7, 11) is 0. The van der Waals surface area contributed by atoms with E-state index in [1.807, 2.05) is 72.8 Å². The van der Waals surface area contributed by atoms with Crippen molar-refractivity contribution in [2.45, 2.75) is 12.3 Å². The molecular formula is C24H17Cl2N3O.